The molecule has 90 valence electrons. The molecule has 0 amide bonds. The number of aryl methyl sites for hydroxylation is 1. The molecule has 0 atom stereocenters. The molecule has 0 radical (unpaired) electrons. The number of nitrogens with one attached hydrogen (secondary N) is 1. The Balaban J connectivity index is 2.18. The minimum absolute atomic E-state index is 0.584. The van der Waals surface area contributed by atoms with Crippen LogP contribution in [0.3, 0.4) is 0 Å². The van der Waals surface area contributed by atoms with E-state index in [-0.39, 0.29) is 0 Å². The van der Waals surface area contributed by atoms with Crippen molar-refractivity contribution < 1.29 is 0 Å². The van der Waals surface area contributed by atoms with E-state index in [1.807, 2.05) is 19.2 Å². The van der Waals surface area contributed by atoms with Gasteiger partial charge in [0.15, 0.2) is 0 Å². The quantitative estimate of drug-likeness (QED) is 0.915. The van der Waals surface area contributed by atoms with Crippen molar-refractivity contribution in [2.45, 2.75) is 13.5 Å². The maximum absolute atomic E-state index is 9.02. The fourth-order valence-electron chi connectivity index (χ4n) is 1.63. The number of aromatic nitrogens is 1. The zero-order chi connectivity index (χ0) is 13.0. The van der Waals surface area contributed by atoms with E-state index in [2.05, 4.69) is 16.4 Å². The molecule has 1 aromatic heterocycles. The standard InChI is InChI=1S/C14H12ClN3/c1-10-4-5-17-8-12(10)9-18-14-6-13(15)3-2-11(14)7-16/h2-6,8,18H,9H2,1H3. The number of hydrogen-bond donors (Lipinski definition) is 1. The molecule has 1 N–H and O–H groups in total. The Hall–Kier alpha value is -2.05. The highest BCUT2D eigenvalue weighted by molar-refractivity contribution is 6.30. The summed E-state index contributed by atoms with van der Waals surface area (Å²) < 4.78 is 0. The highest BCUT2D eigenvalue weighted by Gasteiger charge is 2.03. The molecule has 1 aromatic carbocycles. The summed E-state index contributed by atoms with van der Waals surface area (Å²) in [5, 5.41) is 12.8. The summed E-state index contributed by atoms with van der Waals surface area (Å²) in [5.74, 6) is 0. The third-order valence-corrected chi connectivity index (χ3v) is 2.95. The van der Waals surface area contributed by atoms with E-state index in [0.717, 1.165) is 16.8 Å². The van der Waals surface area contributed by atoms with Gasteiger partial charge in [0.25, 0.3) is 0 Å². The number of rotatable bonds is 3. The summed E-state index contributed by atoms with van der Waals surface area (Å²) in [5.41, 5.74) is 3.59. The van der Waals surface area contributed by atoms with Crippen LogP contribution in [0, 0.1) is 18.3 Å². The molecule has 4 heteroatoms. The maximum atomic E-state index is 9.02. The van der Waals surface area contributed by atoms with Crippen LogP contribution in [0.2, 0.25) is 5.02 Å². The summed E-state index contributed by atoms with van der Waals surface area (Å²) in [6, 6.07) is 9.27. The number of benzene rings is 1. The van der Waals surface area contributed by atoms with Gasteiger partial charge in [-0.05, 0) is 42.3 Å². The SMILES string of the molecule is Cc1ccncc1CNc1cc(Cl)ccc1C#N. The lowest BCUT2D eigenvalue weighted by molar-refractivity contribution is 1.08. The van der Waals surface area contributed by atoms with Gasteiger partial charge >= 0.3 is 0 Å². The largest absolute Gasteiger partial charge is 0.380 e. The number of halogens is 1. The van der Waals surface area contributed by atoms with Gasteiger partial charge in [-0.2, -0.15) is 5.26 Å². The fraction of sp³-hybridized carbons (Fsp3) is 0.143. The predicted molar refractivity (Wildman–Crippen MR) is 72.5 cm³/mol. The van der Waals surface area contributed by atoms with Crippen molar-refractivity contribution in [1.29, 1.82) is 5.26 Å². The molecule has 0 saturated heterocycles. The molecular formula is C14H12ClN3. The summed E-state index contributed by atoms with van der Waals surface area (Å²) in [6.45, 7) is 2.65. The van der Waals surface area contributed by atoms with Gasteiger partial charge in [-0.3, -0.25) is 4.98 Å². The van der Waals surface area contributed by atoms with Gasteiger partial charge in [0.1, 0.15) is 6.07 Å². The van der Waals surface area contributed by atoms with E-state index in [1.54, 1.807) is 24.4 Å². The molecule has 0 saturated carbocycles. The molecule has 0 bridgehead atoms. The summed E-state index contributed by atoms with van der Waals surface area (Å²) in [4.78, 5) is 4.09. The third kappa shape index (κ3) is 2.79. The fourth-order valence-corrected chi connectivity index (χ4v) is 1.80. The van der Waals surface area contributed by atoms with Crippen molar-refractivity contribution in [2.24, 2.45) is 0 Å². The summed E-state index contributed by atoms with van der Waals surface area (Å²) >= 11 is 5.93. The van der Waals surface area contributed by atoms with Crippen LogP contribution >= 0.6 is 11.6 Å². The molecule has 0 spiro atoms. The van der Waals surface area contributed by atoms with Crippen LogP contribution in [0.25, 0.3) is 0 Å². The minimum atomic E-state index is 0.584. The minimum Gasteiger partial charge on any atom is -0.380 e. The second kappa shape index (κ2) is 5.52. The Morgan fingerprint density at radius 2 is 2.22 bits per heavy atom. The van der Waals surface area contributed by atoms with Gasteiger partial charge in [0.2, 0.25) is 0 Å². The zero-order valence-corrected chi connectivity index (χ0v) is 10.7. The normalized spacial score (nSPS) is 9.83. The van der Waals surface area contributed by atoms with E-state index < -0.39 is 0 Å². The Morgan fingerprint density at radius 1 is 1.39 bits per heavy atom. The molecule has 2 rings (SSSR count). The van der Waals surface area contributed by atoms with Crippen LogP contribution in [0.15, 0.2) is 36.7 Å². The lowest BCUT2D eigenvalue weighted by atomic mass is 10.1. The number of nitriles is 1. The molecule has 0 aliphatic carbocycles. The Labute approximate surface area is 111 Å². The van der Waals surface area contributed by atoms with Crippen LogP contribution in [-0.4, -0.2) is 4.98 Å². The number of pyridine rings is 1. The van der Waals surface area contributed by atoms with Crippen molar-refractivity contribution in [3.63, 3.8) is 0 Å². The maximum Gasteiger partial charge on any atom is 0.101 e. The van der Waals surface area contributed by atoms with Crippen molar-refractivity contribution in [3.8, 4) is 6.07 Å². The monoisotopic (exact) mass is 257 g/mol. The Kier molecular flexibility index (Phi) is 3.81. The molecule has 3 nitrogen and oxygen atoms in total. The Bertz CT molecular complexity index is 602. The first-order chi connectivity index (χ1) is 8.70. The van der Waals surface area contributed by atoms with Gasteiger partial charge in [0, 0.05) is 24.0 Å². The molecule has 1 heterocycles. The van der Waals surface area contributed by atoms with E-state index >= 15 is 0 Å². The van der Waals surface area contributed by atoms with Gasteiger partial charge in [-0.1, -0.05) is 11.6 Å². The van der Waals surface area contributed by atoms with Crippen LogP contribution in [0.4, 0.5) is 5.69 Å². The number of nitrogens with zero attached hydrogens (tertiary/aromatic N) is 2. The van der Waals surface area contributed by atoms with E-state index in [0.29, 0.717) is 17.1 Å². The van der Waals surface area contributed by atoms with Gasteiger partial charge in [-0.15, -0.1) is 0 Å². The third-order valence-electron chi connectivity index (χ3n) is 2.72. The molecule has 0 aliphatic heterocycles. The van der Waals surface area contributed by atoms with Crippen molar-refractivity contribution in [2.75, 3.05) is 5.32 Å². The first-order valence-corrected chi connectivity index (χ1v) is 5.91. The van der Waals surface area contributed by atoms with E-state index in [1.165, 1.54) is 0 Å². The zero-order valence-electron chi connectivity index (χ0n) is 9.94. The molecule has 0 fully saturated rings. The topological polar surface area (TPSA) is 48.7 Å². The van der Waals surface area contributed by atoms with Crippen LogP contribution < -0.4 is 5.32 Å². The summed E-state index contributed by atoms with van der Waals surface area (Å²) in [7, 11) is 0. The molecular weight excluding hydrogens is 246 g/mol. The summed E-state index contributed by atoms with van der Waals surface area (Å²) in [6.07, 6.45) is 3.58. The van der Waals surface area contributed by atoms with Crippen molar-refractivity contribution in [3.05, 3.63) is 58.4 Å². The lowest BCUT2D eigenvalue weighted by Crippen LogP contribution is -2.03. The Morgan fingerprint density at radius 3 is 2.94 bits per heavy atom. The second-order valence-corrected chi connectivity index (χ2v) is 4.39. The van der Waals surface area contributed by atoms with Gasteiger partial charge < -0.3 is 5.32 Å². The average Bonchev–Trinajstić information content (AvgIpc) is 2.38. The average molecular weight is 258 g/mol. The van der Waals surface area contributed by atoms with Gasteiger partial charge in [-0.25, -0.2) is 0 Å². The molecule has 2 aromatic rings. The van der Waals surface area contributed by atoms with Crippen LogP contribution in [0.5, 0.6) is 0 Å². The first kappa shape index (κ1) is 12.4. The van der Waals surface area contributed by atoms with Gasteiger partial charge in [0.05, 0.1) is 11.3 Å². The van der Waals surface area contributed by atoms with Crippen molar-refractivity contribution >= 4 is 17.3 Å². The smallest absolute Gasteiger partial charge is 0.101 e. The lowest BCUT2D eigenvalue weighted by Gasteiger charge is -2.10. The molecule has 0 unspecified atom stereocenters. The van der Waals surface area contributed by atoms with Crippen LogP contribution in [0.1, 0.15) is 16.7 Å². The first-order valence-electron chi connectivity index (χ1n) is 5.53. The van der Waals surface area contributed by atoms with Crippen molar-refractivity contribution in [1.82, 2.24) is 4.98 Å². The second-order valence-electron chi connectivity index (χ2n) is 3.96. The highest BCUT2D eigenvalue weighted by Crippen LogP contribution is 2.21. The van der Waals surface area contributed by atoms with E-state index in [4.69, 9.17) is 16.9 Å². The molecule has 18 heavy (non-hydrogen) atoms. The number of anilines is 1. The number of hydrogen-bond acceptors (Lipinski definition) is 3. The van der Waals surface area contributed by atoms with Crippen LogP contribution in [-0.2, 0) is 6.54 Å². The highest BCUT2D eigenvalue weighted by atomic mass is 35.5. The molecule has 0 aliphatic rings. The predicted octanol–water partition coefficient (Wildman–Crippen LogP) is 3.53. The van der Waals surface area contributed by atoms with E-state index in [9.17, 15) is 0 Å².